The Bertz CT molecular complexity index is 356. The molecule has 2 rings (SSSR count). The molecule has 0 bridgehead atoms. The normalized spacial score (nSPS) is 22.4. The van der Waals surface area contributed by atoms with Crippen molar-refractivity contribution in [2.75, 3.05) is 18.0 Å². The first-order valence-electron chi connectivity index (χ1n) is 5.65. The Morgan fingerprint density at radius 2 is 2.31 bits per heavy atom. The topological polar surface area (TPSA) is 75.3 Å². The number of rotatable bonds is 3. The van der Waals surface area contributed by atoms with E-state index in [4.69, 9.17) is 5.73 Å². The summed E-state index contributed by atoms with van der Waals surface area (Å²) < 4.78 is 0. The van der Waals surface area contributed by atoms with E-state index >= 15 is 0 Å². The fourth-order valence-electron chi connectivity index (χ4n) is 2.14. The predicted octanol–water partition coefficient (Wildman–Crippen LogP) is 0.142. The van der Waals surface area contributed by atoms with Crippen molar-refractivity contribution >= 4 is 5.82 Å². The highest BCUT2D eigenvalue weighted by molar-refractivity contribution is 5.44. The average Bonchev–Trinajstić information content (AvgIpc) is 2.78. The summed E-state index contributed by atoms with van der Waals surface area (Å²) in [5, 5.41) is 9.56. The number of aliphatic hydroxyl groups excluding tert-OH is 1. The van der Waals surface area contributed by atoms with Gasteiger partial charge in [0.2, 0.25) is 0 Å². The standard InChI is InChI=1S/C11H18N4O/c1-8(16)9-2-5-15(7-9)11-10(6-12)13-3-4-14-11/h3-4,8-9,16H,2,5-7,12H2,1H3. The molecule has 0 saturated carbocycles. The molecule has 0 aromatic carbocycles. The summed E-state index contributed by atoms with van der Waals surface area (Å²) in [7, 11) is 0. The van der Waals surface area contributed by atoms with Crippen LogP contribution in [0.1, 0.15) is 19.0 Å². The van der Waals surface area contributed by atoms with E-state index in [-0.39, 0.29) is 6.10 Å². The second-order valence-corrected chi connectivity index (χ2v) is 4.27. The van der Waals surface area contributed by atoms with Gasteiger partial charge in [0.05, 0.1) is 11.8 Å². The highest BCUT2D eigenvalue weighted by atomic mass is 16.3. The fourth-order valence-corrected chi connectivity index (χ4v) is 2.14. The van der Waals surface area contributed by atoms with Crippen LogP contribution in [0.25, 0.3) is 0 Å². The molecule has 1 fully saturated rings. The first kappa shape index (κ1) is 11.3. The third kappa shape index (κ3) is 2.15. The lowest BCUT2D eigenvalue weighted by Crippen LogP contribution is -2.26. The van der Waals surface area contributed by atoms with Gasteiger partial charge in [-0.2, -0.15) is 0 Å². The Kier molecular flexibility index (Phi) is 3.36. The van der Waals surface area contributed by atoms with Crippen molar-refractivity contribution in [3.8, 4) is 0 Å². The van der Waals surface area contributed by atoms with Crippen molar-refractivity contribution in [2.45, 2.75) is 26.0 Å². The first-order valence-corrected chi connectivity index (χ1v) is 5.65. The maximum absolute atomic E-state index is 9.56. The van der Waals surface area contributed by atoms with Gasteiger partial charge in [-0.3, -0.25) is 4.98 Å². The number of aliphatic hydroxyl groups is 1. The molecule has 0 radical (unpaired) electrons. The van der Waals surface area contributed by atoms with E-state index in [0.717, 1.165) is 31.0 Å². The Hall–Kier alpha value is -1.20. The molecule has 0 aliphatic carbocycles. The number of nitrogens with two attached hydrogens (primary N) is 1. The van der Waals surface area contributed by atoms with Crippen LogP contribution in [0, 0.1) is 5.92 Å². The Balaban J connectivity index is 2.14. The quantitative estimate of drug-likeness (QED) is 0.761. The van der Waals surface area contributed by atoms with Gasteiger partial charge in [-0.25, -0.2) is 4.98 Å². The van der Waals surface area contributed by atoms with Gasteiger partial charge in [-0.05, 0) is 13.3 Å². The first-order chi connectivity index (χ1) is 7.72. The lowest BCUT2D eigenvalue weighted by Gasteiger charge is -2.20. The zero-order valence-electron chi connectivity index (χ0n) is 9.50. The van der Waals surface area contributed by atoms with Gasteiger partial charge in [0.1, 0.15) is 0 Å². The third-order valence-corrected chi connectivity index (χ3v) is 3.15. The van der Waals surface area contributed by atoms with E-state index in [9.17, 15) is 5.11 Å². The van der Waals surface area contributed by atoms with E-state index in [1.54, 1.807) is 12.4 Å². The summed E-state index contributed by atoms with van der Waals surface area (Å²) >= 11 is 0. The molecule has 88 valence electrons. The smallest absolute Gasteiger partial charge is 0.151 e. The van der Waals surface area contributed by atoms with Crippen LogP contribution in [0.3, 0.4) is 0 Å². The Morgan fingerprint density at radius 1 is 1.56 bits per heavy atom. The number of aromatic nitrogens is 2. The molecule has 3 N–H and O–H groups in total. The SMILES string of the molecule is CC(O)C1CCN(c2nccnc2CN)C1. The van der Waals surface area contributed by atoms with Crippen LogP contribution in [0.15, 0.2) is 12.4 Å². The van der Waals surface area contributed by atoms with Crippen molar-refractivity contribution in [2.24, 2.45) is 11.7 Å². The molecule has 2 unspecified atom stereocenters. The molecule has 5 nitrogen and oxygen atoms in total. The molecule has 16 heavy (non-hydrogen) atoms. The molecular formula is C11H18N4O. The molecule has 5 heteroatoms. The number of hydrogen-bond acceptors (Lipinski definition) is 5. The molecule has 2 heterocycles. The predicted molar refractivity (Wildman–Crippen MR) is 61.9 cm³/mol. The highest BCUT2D eigenvalue weighted by Gasteiger charge is 2.27. The van der Waals surface area contributed by atoms with E-state index in [1.807, 2.05) is 6.92 Å². The minimum absolute atomic E-state index is 0.261. The molecule has 1 aliphatic heterocycles. The summed E-state index contributed by atoms with van der Waals surface area (Å²) in [5.41, 5.74) is 6.46. The largest absolute Gasteiger partial charge is 0.393 e. The van der Waals surface area contributed by atoms with Gasteiger partial charge in [-0.1, -0.05) is 0 Å². The summed E-state index contributed by atoms with van der Waals surface area (Å²) in [6.07, 6.45) is 4.08. The number of anilines is 1. The molecule has 2 atom stereocenters. The van der Waals surface area contributed by atoms with Crippen LogP contribution in [-0.2, 0) is 6.54 Å². The maximum atomic E-state index is 9.56. The summed E-state index contributed by atoms with van der Waals surface area (Å²) in [5.74, 6) is 1.20. The Morgan fingerprint density at radius 3 is 2.94 bits per heavy atom. The van der Waals surface area contributed by atoms with Crippen LogP contribution in [0.5, 0.6) is 0 Å². The van der Waals surface area contributed by atoms with Crippen LogP contribution in [0.4, 0.5) is 5.82 Å². The molecule has 1 saturated heterocycles. The Labute approximate surface area is 95.3 Å². The summed E-state index contributed by atoms with van der Waals surface area (Å²) in [6, 6.07) is 0. The minimum atomic E-state index is -0.261. The monoisotopic (exact) mass is 222 g/mol. The number of nitrogens with zero attached hydrogens (tertiary/aromatic N) is 3. The van der Waals surface area contributed by atoms with E-state index in [1.165, 1.54) is 0 Å². The average molecular weight is 222 g/mol. The van der Waals surface area contributed by atoms with E-state index < -0.39 is 0 Å². The van der Waals surface area contributed by atoms with E-state index in [2.05, 4.69) is 14.9 Å². The van der Waals surface area contributed by atoms with Gasteiger partial charge in [-0.15, -0.1) is 0 Å². The molecule has 1 aromatic rings. The molecule has 0 spiro atoms. The van der Waals surface area contributed by atoms with Gasteiger partial charge >= 0.3 is 0 Å². The summed E-state index contributed by atoms with van der Waals surface area (Å²) in [6.45, 7) is 4.00. The molecule has 0 amide bonds. The van der Waals surface area contributed by atoms with Crippen molar-refractivity contribution in [1.82, 2.24) is 9.97 Å². The lowest BCUT2D eigenvalue weighted by atomic mass is 10.0. The van der Waals surface area contributed by atoms with Gasteiger partial charge in [0.25, 0.3) is 0 Å². The third-order valence-electron chi connectivity index (χ3n) is 3.15. The second-order valence-electron chi connectivity index (χ2n) is 4.27. The van der Waals surface area contributed by atoms with Crippen LogP contribution >= 0.6 is 0 Å². The van der Waals surface area contributed by atoms with Crippen LogP contribution in [-0.4, -0.2) is 34.3 Å². The van der Waals surface area contributed by atoms with Crippen molar-refractivity contribution in [3.05, 3.63) is 18.1 Å². The van der Waals surface area contributed by atoms with Gasteiger partial charge in [0.15, 0.2) is 5.82 Å². The molecular weight excluding hydrogens is 204 g/mol. The maximum Gasteiger partial charge on any atom is 0.151 e. The summed E-state index contributed by atoms with van der Waals surface area (Å²) in [4.78, 5) is 10.7. The van der Waals surface area contributed by atoms with Crippen LogP contribution in [0.2, 0.25) is 0 Å². The number of hydrogen-bond donors (Lipinski definition) is 2. The van der Waals surface area contributed by atoms with Crippen molar-refractivity contribution in [1.29, 1.82) is 0 Å². The van der Waals surface area contributed by atoms with Gasteiger partial charge in [0, 0.05) is 37.9 Å². The molecule has 1 aliphatic rings. The van der Waals surface area contributed by atoms with Crippen LogP contribution < -0.4 is 10.6 Å². The zero-order valence-corrected chi connectivity index (χ0v) is 9.50. The second kappa shape index (κ2) is 4.76. The fraction of sp³-hybridized carbons (Fsp3) is 0.636. The molecule has 1 aromatic heterocycles. The minimum Gasteiger partial charge on any atom is -0.393 e. The highest BCUT2D eigenvalue weighted by Crippen LogP contribution is 2.25. The lowest BCUT2D eigenvalue weighted by molar-refractivity contribution is 0.136. The van der Waals surface area contributed by atoms with Gasteiger partial charge < -0.3 is 15.7 Å². The zero-order chi connectivity index (χ0) is 11.5. The van der Waals surface area contributed by atoms with E-state index in [0.29, 0.717) is 12.5 Å². The van der Waals surface area contributed by atoms with Crippen molar-refractivity contribution < 1.29 is 5.11 Å². The van der Waals surface area contributed by atoms with Crippen molar-refractivity contribution in [3.63, 3.8) is 0 Å².